The number of unbranched alkanes of at least 4 members (excludes halogenated alkanes) is 1. The lowest BCUT2D eigenvalue weighted by atomic mass is 10.2. The Balaban J connectivity index is 2.07. The van der Waals surface area contributed by atoms with E-state index in [1.54, 1.807) is 0 Å². The van der Waals surface area contributed by atoms with Crippen LogP contribution in [0.5, 0.6) is 0 Å². The first kappa shape index (κ1) is 26.1. The van der Waals surface area contributed by atoms with Crippen molar-refractivity contribution in [3.8, 4) is 0 Å². The Morgan fingerprint density at radius 2 is 1.76 bits per heavy atom. The molecule has 0 saturated heterocycles. The second-order valence-corrected chi connectivity index (χ2v) is 8.70. The normalized spacial score (nSPS) is 12.6. The first-order valence-corrected chi connectivity index (χ1v) is 11.4. The standard InChI is InChI=1S/C21H24F3N3O5S/c1-3-4-11-32-14(2)19(28)25-26-20(29)15-7-5-10-18(12-15)33(30,31)27-17-9-6-8-16(13-17)21(22,23)24/h5-10,12-14,27H,3-4,11H2,1-2H3,(H,25,28)(H,26,29). The zero-order valence-corrected chi connectivity index (χ0v) is 18.7. The molecule has 0 aliphatic rings. The van der Waals surface area contributed by atoms with Gasteiger partial charge in [0, 0.05) is 17.9 Å². The van der Waals surface area contributed by atoms with Crippen LogP contribution in [0.4, 0.5) is 18.9 Å². The molecular formula is C21H24F3N3O5S. The minimum Gasteiger partial charge on any atom is -0.369 e. The summed E-state index contributed by atoms with van der Waals surface area (Å²) in [6, 6.07) is 8.51. The molecule has 0 spiro atoms. The van der Waals surface area contributed by atoms with Gasteiger partial charge in [0.25, 0.3) is 21.8 Å². The Kier molecular flexibility index (Phi) is 8.83. The van der Waals surface area contributed by atoms with Crippen molar-refractivity contribution in [2.24, 2.45) is 0 Å². The summed E-state index contributed by atoms with van der Waals surface area (Å²) in [6.07, 6.45) is -3.77. The smallest absolute Gasteiger partial charge is 0.369 e. The molecule has 33 heavy (non-hydrogen) atoms. The Labute approximate surface area is 189 Å². The lowest BCUT2D eigenvalue weighted by Crippen LogP contribution is -2.46. The molecule has 0 heterocycles. The van der Waals surface area contributed by atoms with Gasteiger partial charge in [-0.3, -0.25) is 25.2 Å². The number of benzene rings is 2. The van der Waals surface area contributed by atoms with Gasteiger partial charge in [-0.1, -0.05) is 25.5 Å². The highest BCUT2D eigenvalue weighted by atomic mass is 32.2. The van der Waals surface area contributed by atoms with Gasteiger partial charge in [0.2, 0.25) is 0 Å². The third-order valence-corrected chi connectivity index (χ3v) is 5.76. The van der Waals surface area contributed by atoms with E-state index in [0.29, 0.717) is 12.7 Å². The molecule has 0 aliphatic heterocycles. The molecule has 0 radical (unpaired) electrons. The van der Waals surface area contributed by atoms with Crippen molar-refractivity contribution < 1.29 is 35.9 Å². The second kappa shape index (κ2) is 11.1. The highest BCUT2D eigenvalue weighted by Gasteiger charge is 2.30. The summed E-state index contributed by atoms with van der Waals surface area (Å²) in [5.41, 5.74) is 2.96. The van der Waals surface area contributed by atoms with Crippen molar-refractivity contribution in [1.82, 2.24) is 10.9 Å². The van der Waals surface area contributed by atoms with Crippen LogP contribution >= 0.6 is 0 Å². The van der Waals surface area contributed by atoms with E-state index in [1.165, 1.54) is 31.2 Å². The summed E-state index contributed by atoms with van der Waals surface area (Å²) in [5.74, 6) is -1.38. The van der Waals surface area contributed by atoms with Crippen molar-refractivity contribution >= 4 is 27.5 Å². The molecule has 180 valence electrons. The maximum Gasteiger partial charge on any atom is 0.416 e. The topological polar surface area (TPSA) is 114 Å². The summed E-state index contributed by atoms with van der Waals surface area (Å²) >= 11 is 0. The number of anilines is 1. The van der Waals surface area contributed by atoms with E-state index in [9.17, 15) is 31.2 Å². The van der Waals surface area contributed by atoms with Crippen LogP contribution in [-0.2, 0) is 25.7 Å². The summed E-state index contributed by atoms with van der Waals surface area (Å²) in [6.45, 7) is 3.87. The van der Waals surface area contributed by atoms with Crippen LogP contribution in [-0.4, -0.2) is 32.9 Å². The van der Waals surface area contributed by atoms with Gasteiger partial charge in [0.1, 0.15) is 6.10 Å². The number of carbonyl (C=O) groups excluding carboxylic acids is 2. The van der Waals surface area contributed by atoms with Crippen LogP contribution in [0.1, 0.15) is 42.6 Å². The number of halogens is 3. The van der Waals surface area contributed by atoms with Gasteiger partial charge in [0.05, 0.1) is 10.5 Å². The summed E-state index contributed by atoms with van der Waals surface area (Å²) in [7, 11) is -4.29. The lowest BCUT2D eigenvalue weighted by Gasteiger charge is -2.14. The number of hydrogen-bond acceptors (Lipinski definition) is 5. The monoisotopic (exact) mass is 487 g/mol. The molecule has 0 aliphatic carbocycles. The van der Waals surface area contributed by atoms with Gasteiger partial charge >= 0.3 is 6.18 Å². The molecule has 0 bridgehead atoms. The number of hydrazine groups is 1. The third kappa shape index (κ3) is 7.75. The van der Waals surface area contributed by atoms with Gasteiger partial charge in [-0.15, -0.1) is 0 Å². The number of rotatable bonds is 9. The Bertz CT molecular complexity index is 1090. The minimum atomic E-state index is -4.64. The average molecular weight is 488 g/mol. The molecule has 2 aromatic rings. The van der Waals surface area contributed by atoms with Gasteiger partial charge < -0.3 is 4.74 Å². The Morgan fingerprint density at radius 3 is 2.42 bits per heavy atom. The number of carbonyl (C=O) groups is 2. The first-order valence-electron chi connectivity index (χ1n) is 9.96. The predicted octanol–water partition coefficient (Wildman–Crippen LogP) is 3.47. The van der Waals surface area contributed by atoms with Crippen LogP contribution in [0.3, 0.4) is 0 Å². The lowest BCUT2D eigenvalue weighted by molar-refractivity contribution is -0.137. The molecule has 1 atom stereocenters. The molecular weight excluding hydrogens is 463 g/mol. The largest absolute Gasteiger partial charge is 0.416 e. The van der Waals surface area contributed by atoms with E-state index < -0.39 is 39.7 Å². The van der Waals surface area contributed by atoms with Crippen LogP contribution in [0, 0.1) is 0 Å². The molecule has 1 unspecified atom stereocenters. The molecule has 8 nitrogen and oxygen atoms in total. The predicted molar refractivity (Wildman–Crippen MR) is 115 cm³/mol. The quantitative estimate of drug-likeness (QED) is 0.370. The van der Waals surface area contributed by atoms with Gasteiger partial charge in [-0.2, -0.15) is 13.2 Å². The van der Waals surface area contributed by atoms with Gasteiger partial charge in [-0.25, -0.2) is 8.42 Å². The van der Waals surface area contributed by atoms with Crippen LogP contribution in [0.2, 0.25) is 0 Å². The van der Waals surface area contributed by atoms with Gasteiger partial charge in [0.15, 0.2) is 0 Å². The number of amides is 2. The van der Waals surface area contributed by atoms with Crippen LogP contribution < -0.4 is 15.6 Å². The summed E-state index contributed by atoms with van der Waals surface area (Å²) in [5, 5.41) is 0. The number of sulfonamides is 1. The van der Waals surface area contributed by atoms with Crippen LogP contribution in [0.15, 0.2) is 53.4 Å². The van der Waals surface area contributed by atoms with E-state index in [4.69, 9.17) is 4.74 Å². The molecule has 2 rings (SSSR count). The molecule has 0 aromatic heterocycles. The molecule has 2 amide bonds. The van der Waals surface area contributed by atoms with E-state index in [2.05, 4.69) is 15.6 Å². The van der Waals surface area contributed by atoms with Crippen molar-refractivity contribution in [3.05, 3.63) is 59.7 Å². The highest BCUT2D eigenvalue weighted by molar-refractivity contribution is 7.92. The van der Waals surface area contributed by atoms with Crippen molar-refractivity contribution in [2.45, 2.75) is 43.9 Å². The molecule has 12 heteroatoms. The Hall–Kier alpha value is -3.12. The maximum atomic E-state index is 12.9. The molecule has 3 N–H and O–H groups in total. The fraction of sp³-hybridized carbons (Fsp3) is 0.333. The SMILES string of the molecule is CCCCOC(C)C(=O)NNC(=O)c1cccc(S(=O)(=O)Nc2cccc(C(F)(F)F)c2)c1. The highest BCUT2D eigenvalue weighted by Crippen LogP contribution is 2.31. The summed E-state index contributed by atoms with van der Waals surface area (Å²) in [4.78, 5) is 23.9. The van der Waals surface area contributed by atoms with Crippen molar-refractivity contribution in [2.75, 3.05) is 11.3 Å². The molecule has 2 aromatic carbocycles. The maximum absolute atomic E-state index is 12.9. The van der Waals surface area contributed by atoms with E-state index >= 15 is 0 Å². The van der Waals surface area contributed by atoms with Crippen molar-refractivity contribution in [1.29, 1.82) is 0 Å². The number of ether oxygens (including phenoxy) is 1. The van der Waals surface area contributed by atoms with Crippen LogP contribution in [0.25, 0.3) is 0 Å². The minimum absolute atomic E-state index is 0.0956. The van der Waals surface area contributed by atoms with Crippen molar-refractivity contribution in [3.63, 3.8) is 0 Å². The van der Waals surface area contributed by atoms with E-state index in [1.807, 2.05) is 6.92 Å². The van der Waals surface area contributed by atoms with Gasteiger partial charge in [-0.05, 0) is 49.7 Å². The fourth-order valence-electron chi connectivity index (χ4n) is 2.55. The fourth-order valence-corrected chi connectivity index (χ4v) is 3.64. The average Bonchev–Trinajstić information content (AvgIpc) is 2.76. The van der Waals surface area contributed by atoms with E-state index in [-0.39, 0.29) is 16.1 Å². The second-order valence-electron chi connectivity index (χ2n) is 7.02. The summed E-state index contributed by atoms with van der Waals surface area (Å²) < 4.78 is 71.2. The number of hydrogen-bond donors (Lipinski definition) is 3. The Morgan fingerprint density at radius 1 is 1.06 bits per heavy atom. The number of alkyl halides is 3. The zero-order chi connectivity index (χ0) is 24.6. The third-order valence-electron chi connectivity index (χ3n) is 4.38. The molecule has 0 fully saturated rings. The first-order chi connectivity index (χ1) is 15.4. The number of nitrogens with one attached hydrogen (secondary N) is 3. The molecule has 0 saturated carbocycles. The zero-order valence-electron chi connectivity index (χ0n) is 17.9. The van der Waals surface area contributed by atoms with E-state index in [0.717, 1.165) is 31.0 Å².